The maximum atomic E-state index is 12.5. The Kier molecular flexibility index (Phi) is 3.88. The van der Waals surface area contributed by atoms with Gasteiger partial charge in [0.1, 0.15) is 0 Å². The fourth-order valence-electron chi connectivity index (χ4n) is 4.21. The van der Waals surface area contributed by atoms with Crippen LogP contribution < -0.4 is 16.0 Å². The molecule has 3 heterocycles. The zero-order chi connectivity index (χ0) is 14.9. The van der Waals surface area contributed by atoms with Crippen molar-refractivity contribution in [1.29, 1.82) is 0 Å². The van der Waals surface area contributed by atoms with E-state index in [4.69, 9.17) is 0 Å². The maximum absolute atomic E-state index is 12.5. The highest BCUT2D eigenvalue weighted by Crippen LogP contribution is 2.33. The van der Waals surface area contributed by atoms with Crippen molar-refractivity contribution >= 4 is 11.7 Å². The van der Waals surface area contributed by atoms with Gasteiger partial charge in [0.05, 0.1) is 12.1 Å². The molecule has 6 nitrogen and oxygen atoms in total. The molecular weight excluding hydrogens is 278 g/mol. The first-order chi connectivity index (χ1) is 10.8. The van der Waals surface area contributed by atoms with Gasteiger partial charge in [-0.15, -0.1) is 0 Å². The predicted molar refractivity (Wildman–Crippen MR) is 84.7 cm³/mol. The van der Waals surface area contributed by atoms with Gasteiger partial charge in [0.15, 0.2) is 5.82 Å². The lowest BCUT2D eigenvalue weighted by Crippen LogP contribution is -2.40. The zero-order valence-corrected chi connectivity index (χ0v) is 12.9. The lowest BCUT2D eigenvalue weighted by molar-refractivity contribution is -0.117. The number of nitrogens with zero attached hydrogens (tertiary/aromatic N) is 2. The van der Waals surface area contributed by atoms with Crippen LogP contribution in [0.3, 0.4) is 0 Å². The molecule has 1 aromatic rings. The first kappa shape index (κ1) is 14.2. The number of aromatic nitrogens is 2. The fraction of sp³-hybridized carbons (Fsp3) is 0.750. The Bertz CT molecular complexity index is 522. The molecule has 4 unspecified atom stereocenters. The molecule has 1 amide bonds. The second-order valence-electron chi connectivity index (χ2n) is 6.92. The highest BCUT2D eigenvalue weighted by Gasteiger charge is 2.38. The average molecular weight is 303 g/mol. The van der Waals surface area contributed by atoms with Crippen molar-refractivity contribution in [2.45, 2.75) is 56.7 Å². The molecule has 1 aromatic heterocycles. The number of nitrogens with one attached hydrogen (secondary N) is 3. The third kappa shape index (κ3) is 2.77. The molecule has 3 fully saturated rings. The predicted octanol–water partition coefficient (Wildman–Crippen LogP) is 1.28. The van der Waals surface area contributed by atoms with Crippen LogP contribution in [0.5, 0.6) is 0 Å². The number of amides is 1. The van der Waals surface area contributed by atoms with Crippen LogP contribution in [0.25, 0.3) is 0 Å². The molecule has 6 heteroatoms. The van der Waals surface area contributed by atoms with E-state index in [0.717, 1.165) is 25.9 Å². The zero-order valence-electron chi connectivity index (χ0n) is 12.9. The topological polar surface area (TPSA) is 71.0 Å². The normalized spacial score (nSPS) is 34.5. The maximum Gasteiger partial charge on any atom is 0.242 e. The van der Waals surface area contributed by atoms with Crippen molar-refractivity contribution in [1.82, 2.24) is 20.4 Å². The van der Waals surface area contributed by atoms with Gasteiger partial charge in [-0.05, 0) is 38.1 Å². The number of carbonyl (C=O) groups is 1. The minimum atomic E-state index is -0.0496. The monoisotopic (exact) mass is 303 g/mol. The Labute approximate surface area is 131 Å². The van der Waals surface area contributed by atoms with E-state index in [-0.39, 0.29) is 11.9 Å². The summed E-state index contributed by atoms with van der Waals surface area (Å²) in [6.07, 6.45) is 9.14. The van der Waals surface area contributed by atoms with Crippen molar-refractivity contribution in [3.05, 3.63) is 12.3 Å². The van der Waals surface area contributed by atoms with Crippen molar-refractivity contribution in [3.8, 4) is 0 Å². The molecular formula is C16H25N5O. The number of fused-ring (bicyclic) bond motifs is 1. The number of hydrogen-bond acceptors (Lipinski definition) is 4. The molecule has 120 valence electrons. The number of hydrogen-bond donors (Lipinski definition) is 3. The molecule has 2 saturated heterocycles. The van der Waals surface area contributed by atoms with Crippen LogP contribution in [-0.4, -0.2) is 40.9 Å². The fourth-order valence-corrected chi connectivity index (χ4v) is 4.21. The molecule has 4 atom stereocenters. The van der Waals surface area contributed by atoms with E-state index >= 15 is 0 Å². The van der Waals surface area contributed by atoms with E-state index in [0.29, 0.717) is 23.8 Å². The molecule has 3 N–H and O–H groups in total. The Morgan fingerprint density at radius 3 is 3.05 bits per heavy atom. The van der Waals surface area contributed by atoms with Crippen LogP contribution >= 0.6 is 0 Å². The van der Waals surface area contributed by atoms with E-state index in [9.17, 15) is 4.79 Å². The third-order valence-electron chi connectivity index (χ3n) is 5.45. The molecule has 0 spiro atoms. The Hall–Kier alpha value is -1.40. The van der Waals surface area contributed by atoms with E-state index < -0.39 is 0 Å². The summed E-state index contributed by atoms with van der Waals surface area (Å²) in [4.78, 5) is 12.5. The first-order valence-corrected chi connectivity index (χ1v) is 8.62. The van der Waals surface area contributed by atoms with Crippen LogP contribution in [-0.2, 0) is 4.79 Å². The van der Waals surface area contributed by atoms with E-state index in [1.54, 1.807) is 0 Å². The lowest BCUT2D eigenvalue weighted by Gasteiger charge is -2.24. The largest absolute Gasteiger partial charge is 0.315 e. The number of rotatable bonds is 3. The Morgan fingerprint density at radius 1 is 1.32 bits per heavy atom. The van der Waals surface area contributed by atoms with Crippen LogP contribution in [0.4, 0.5) is 5.82 Å². The molecule has 0 radical (unpaired) electrons. The van der Waals surface area contributed by atoms with Gasteiger partial charge in [-0.2, -0.15) is 5.10 Å². The highest BCUT2D eigenvalue weighted by molar-refractivity contribution is 5.94. The van der Waals surface area contributed by atoms with Gasteiger partial charge < -0.3 is 16.0 Å². The minimum Gasteiger partial charge on any atom is -0.315 e. The average Bonchev–Trinajstić information content (AvgIpc) is 3.26. The van der Waals surface area contributed by atoms with Gasteiger partial charge in [-0.25, -0.2) is 0 Å². The van der Waals surface area contributed by atoms with Crippen LogP contribution in [0.15, 0.2) is 12.3 Å². The SMILES string of the molecule is O=C(Nc1ccn(C2CCNC2)n1)C1CC2CCCCC2N1. The smallest absolute Gasteiger partial charge is 0.242 e. The van der Waals surface area contributed by atoms with Crippen molar-refractivity contribution in [2.24, 2.45) is 5.92 Å². The van der Waals surface area contributed by atoms with Gasteiger partial charge in [0.2, 0.25) is 5.91 Å². The standard InChI is InChI=1S/C16H25N5O/c22-16(14-9-11-3-1-2-4-13(11)18-14)19-15-6-8-21(20-15)12-5-7-17-10-12/h6,8,11-14,17-18H,1-5,7,9-10H2,(H,19,20,22). The quantitative estimate of drug-likeness (QED) is 0.786. The van der Waals surface area contributed by atoms with Gasteiger partial charge in [-0.3, -0.25) is 9.48 Å². The summed E-state index contributed by atoms with van der Waals surface area (Å²) in [5.41, 5.74) is 0. The van der Waals surface area contributed by atoms with Crippen LogP contribution in [0.2, 0.25) is 0 Å². The van der Waals surface area contributed by atoms with Crippen molar-refractivity contribution in [2.75, 3.05) is 18.4 Å². The summed E-state index contributed by atoms with van der Waals surface area (Å²) in [7, 11) is 0. The number of anilines is 1. The molecule has 1 saturated carbocycles. The Balaban J connectivity index is 1.36. The summed E-state index contributed by atoms with van der Waals surface area (Å²) in [6, 6.07) is 2.81. The van der Waals surface area contributed by atoms with Crippen molar-refractivity contribution in [3.63, 3.8) is 0 Å². The molecule has 0 bridgehead atoms. The summed E-state index contributed by atoms with van der Waals surface area (Å²) < 4.78 is 1.97. The van der Waals surface area contributed by atoms with E-state index in [2.05, 4.69) is 21.0 Å². The lowest BCUT2D eigenvalue weighted by atomic mass is 9.85. The van der Waals surface area contributed by atoms with E-state index in [1.165, 1.54) is 25.7 Å². The summed E-state index contributed by atoms with van der Waals surface area (Å²) in [5, 5.41) is 14.3. The summed E-state index contributed by atoms with van der Waals surface area (Å²) in [6.45, 7) is 2.00. The third-order valence-corrected chi connectivity index (χ3v) is 5.45. The first-order valence-electron chi connectivity index (χ1n) is 8.62. The van der Waals surface area contributed by atoms with E-state index in [1.807, 2.05) is 16.9 Å². The molecule has 0 aromatic carbocycles. The minimum absolute atomic E-state index is 0.0496. The summed E-state index contributed by atoms with van der Waals surface area (Å²) in [5.74, 6) is 1.43. The highest BCUT2D eigenvalue weighted by atomic mass is 16.2. The molecule has 4 rings (SSSR count). The van der Waals surface area contributed by atoms with Gasteiger partial charge >= 0.3 is 0 Å². The van der Waals surface area contributed by atoms with Gasteiger partial charge in [-0.1, -0.05) is 12.8 Å². The Morgan fingerprint density at radius 2 is 2.23 bits per heavy atom. The summed E-state index contributed by atoms with van der Waals surface area (Å²) >= 11 is 0. The second-order valence-corrected chi connectivity index (χ2v) is 6.92. The molecule has 3 aliphatic rings. The van der Waals surface area contributed by atoms with Gasteiger partial charge in [0.25, 0.3) is 0 Å². The number of carbonyl (C=O) groups excluding carboxylic acids is 1. The van der Waals surface area contributed by atoms with Crippen LogP contribution in [0.1, 0.15) is 44.6 Å². The molecule has 1 aliphatic carbocycles. The van der Waals surface area contributed by atoms with Gasteiger partial charge in [0, 0.05) is 24.8 Å². The van der Waals surface area contributed by atoms with Crippen molar-refractivity contribution < 1.29 is 4.79 Å². The second kappa shape index (κ2) is 6.01. The molecule has 22 heavy (non-hydrogen) atoms. The van der Waals surface area contributed by atoms with Crippen LogP contribution in [0, 0.1) is 5.92 Å². The molecule has 2 aliphatic heterocycles.